The third-order valence-electron chi connectivity index (χ3n) is 4.12. The zero-order valence-electron chi connectivity index (χ0n) is 17.4. The van der Waals surface area contributed by atoms with Crippen LogP contribution >= 0.6 is 0 Å². The number of carbonyl (C=O) groups excluding carboxylic acids is 3. The van der Waals surface area contributed by atoms with Crippen molar-refractivity contribution in [2.75, 3.05) is 11.9 Å². The summed E-state index contributed by atoms with van der Waals surface area (Å²) >= 11 is 0. The molecule has 1 atom stereocenters. The molecular weight excluding hydrogens is 384 g/mol. The minimum Gasteiger partial charge on any atom is -0.479 e. The number of Topliss-reactive ketones (excluding diaryl/α,β-unsaturated/α-hetero) is 1. The molecule has 30 heavy (non-hydrogen) atoms. The lowest BCUT2D eigenvalue weighted by Crippen LogP contribution is -2.28. The lowest BCUT2D eigenvalue weighted by Gasteiger charge is -2.17. The minimum absolute atomic E-state index is 0.133. The van der Waals surface area contributed by atoms with Crippen molar-refractivity contribution in [3.05, 3.63) is 59.7 Å². The van der Waals surface area contributed by atoms with Crippen LogP contribution in [0.5, 0.6) is 5.75 Å². The molecule has 0 unspecified atom stereocenters. The van der Waals surface area contributed by atoms with Gasteiger partial charge >= 0.3 is 5.97 Å². The van der Waals surface area contributed by atoms with Gasteiger partial charge in [-0.1, -0.05) is 20.8 Å². The molecule has 0 aliphatic heterocycles. The number of nitrogens with zero attached hydrogens (tertiary/aromatic N) is 1. The molecular formula is C23H24N2O5. The van der Waals surface area contributed by atoms with Gasteiger partial charge in [-0.2, -0.15) is 5.26 Å². The fourth-order valence-corrected chi connectivity index (χ4v) is 2.26. The highest BCUT2D eigenvalue weighted by molar-refractivity contribution is 5.99. The molecule has 0 saturated heterocycles. The molecule has 0 heterocycles. The van der Waals surface area contributed by atoms with Gasteiger partial charge in [-0.25, -0.2) is 4.79 Å². The molecule has 0 aliphatic rings. The van der Waals surface area contributed by atoms with E-state index >= 15 is 0 Å². The number of hydrogen-bond acceptors (Lipinski definition) is 6. The molecule has 2 rings (SSSR count). The molecule has 0 fully saturated rings. The first-order valence-corrected chi connectivity index (χ1v) is 9.38. The molecule has 1 N–H and O–H groups in total. The van der Waals surface area contributed by atoms with Crippen molar-refractivity contribution in [2.24, 2.45) is 5.41 Å². The maximum absolute atomic E-state index is 12.3. The van der Waals surface area contributed by atoms with Gasteiger partial charge in [0.2, 0.25) is 5.91 Å². The summed E-state index contributed by atoms with van der Waals surface area (Å²) in [5, 5.41) is 11.6. The van der Waals surface area contributed by atoms with Crippen LogP contribution in [0, 0.1) is 16.7 Å². The Bertz CT molecular complexity index is 951. The highest BCUT2D eigenvalue weighted by Crippen LogP contribution is 2.18. The van der Waals surface area contributed by atoms with Crippen LogP contribution in [0.25, 0.3) is 0 Å². The van der Waals surface area contributed by atoms with Crippen molar-refractivity contribution in [1.29, 1.82) is 5.26 Å². The summed E-state index contributed by atoms with van der Waals surface area (Å²) in [7, 11) is 0. The number of nitriles is 1. The fourth-order valence-electron chi connectivity index (χ4n) is 2.26. The van der Waals surface area contributed by atoms with Gasteiger partial charge in [0.05, 0.1) is 11.6 Å². The van der Waals surface area contributed by atoms with Gasteiger partial charge in [0, 0.05) is 16.7 Å². The molecule has 7 heteroatoms. The average Bonchev–Trinajstić information content (AvgIpc) is 2.72. The van der Waals surface area contributed by atoms with Crippen LogP contribution in [0.1, 0.15) is 43.6 Å². The second-order valence-electron chi connectivity index (χ2n) is 7.71. The molecule has 2 aromatic carbocycles. The van der Waals surface area contributed by atoms with Crippen LogP contribution in [0.3, 0.4) is 0 Å². The third kappa shape index (κ3) is 6.45. The van der Waals surface area contributed by atoms with E-state index in [1.54, 1.807) is 69.3 Å². The maximum atomic E-state index is 12.3. The Balaban J connectivity index is 1.86. The number of rotatable bonds is 7. The molecule has 7 nitrogen and oxygen atoms in total. The number of amides is 1. The van der Waals surface area contributed by atoms with Crippen LogP contribution < -0.4 is 10.1 Å². The van der Waals surface area contributed by atoms with Crippen molar-refractivity contribution >= 4 is 23.3 Å². The summed E-state index contributed by atoms with van der Waals surface area (Å²) in [6.45, 7) is 6.51. The lowest BCUT2D eigenvalue weighted by molar-refractivity contribution is -0.149. The molecule has 0 spiro atoms. The number of esters is 1. The number of nitrogens with one attached hydrogen (secondary N) is 1. The molecule has 156 valence electrons. The Kier molecular flexibility index (Phi) is 7.32. The largest absolute Gasteiger partial charge is 0.479 e. The Morgan fingerprint density at radius 1 is 1.03 bits per heavy atom. The third-order valence-corrected chi connectivity index (χ3v) is 4.12. The molecule has 2 aromatic rings. The topological polar surface area (TPSA) is 105 Å². The highest BCUT2D eigenvalue weighted by atomic mass is 16.6. The zero-order chi connectivity index (χ0) is 22.3. The van der Waals surface area contributed by atoms with Gasteiger partial charge in [-0.05, 0) is 55.5 Å². The fraction of sp³-hybridized carbons (Fsp3) is 0.304. The molecule has 0 aromatic heterocycles. The second-order valence-corrected chi connectivity index (χ2v) is 7.71. The standard InChI is InChI=1S/C23H24N2O5/c1-15(30-19-11-5-16(13-24)6-12-19)21(27)29-14-20(26)17-7-9-18(10-8-17)25-22(28)23(2,3)4/h5-12,15H,14H2,1-4H3,(H,25,28)/t15-/m0/s1. The number of benzene rings is 2. The highest BCUT2D eigenvalue weighted by Gasteiger charge is 2.21. The number of ether oxygens (including phenoxy) is 2. The number of anilines is 1. The summed E-state index contributed by atoms with van der Waals surface area (Å²) in [6, 6.07) is 14.7. The monoisotopic (exact) mass is 408 g/mol. The maximum Gasteiger partial charge on any atom is 0.347 e. The Morgan fingerprint density at radius 3 is 2.17 bits per heavy atom. The zero-order valence-corrected chi connectivity index (χ0v) is 17.4. The van der Waals surface area contributed by atoms with Gasteiger partial charge < -0.3 is 14.8 Å². The van der Waals surface area contributed by atoms with Crippen LogP contribution in [0.4, 0.5) is 5.69 Å². The van der Waals surface area contributed by atoms with Crippen LogP contribution in [-0.4, -0.2) is 30.4 Å². The van der Waals surface area contributed by atoms with Crippen molar-refractivity contribution < 1.29 is 23.9 Å². The van der Waals surface area contributed by atoms with Crippen LogP contribution in [0.2, 0.25) is 0 Å². The van der Waals surface area contributed by atoms with Crippen LogP contribution in [-0.2, 0) is 14.3 Å². The van der Waals surface area contributed by atoms with E-state index < -0.39 is 24.1 Å². The van der Waals surface area contributed by atoms with Gasteiger partial charge in [-0.15, -0.1) is 0 Å². The molecule has 1 amide bonds. The number of ketones is 1. The van der Waals surface area contributed by atoms with E-state index in [1.165, 1.54) is 6.92 Å². The van der Waals surface area contributed by atoms with Gasteiger partial charge in [-0.3, -0.25) is 9.59 Å². The number of carbonyl (C=O) groups is 3. The normalized spacial score (nSPS) is 11.7. The van der Waals surface area contributed by atoms with Crippen LogP contribution in [0.15, 0.2) is 48.5 Å². The van der Waals surface area contributed by atoms with E-state index in [4.69, 9.17) is 14.7 Å². The van der Waals surface area contributed by atoms with E-state index in [0.717, 1.165) is 0 Å². The van der Waals surface area contributed by atoms with E-state index in [-0.39, 0.29) is 11.7 Å². The van der Waals surface area contributed by atoms with E-state index in [9.17, 15) is 14.4 Å². The van der Waals surface area contributed by atoms with Crippen molar-refractivity contribution in [2.45, 2.75) is 33.8 Å². The first kappa shape index (κ1) is 22.6. The van der Waals surface area contributed by atoms with E-state index in [0.29, 0.717) is 22.6 Å². The molecule has 0 aliphatic carbocycles. The molecule has 0 bridgehead atoms. The van der Waals surface area contributed by atoms with Crippen molar-refractivity contribution in [3.8, 4) is 11.8 Å². The smallest absolute Gasteiger partial charge is 0.347 e. The SMILES string of the molecule is C[C@H](Oc1ccc(C#N)cc1)C(=O)OCC(=O)c1ccc(NC(=O)C(C)(C)C)cc1. The van der Waals surface area contributed by atoms with E-state index in [2.05, 4.69) is 5.32 Å². The summed E-state index contributed by atoms with van der Waals surface area (Å²) in [4.78, 5) is 36.3. The van der Waals surface area contributed by atoms with Gasteiger partial charge in [0.15, 0.2) is 18.5 Å². The molecule has 0 saturated carbocycles. The van der Waals surface area contributed by atoms with Crippen molar-refractivity contribution in [3.63, 3.8) is 0 Å². The average molecular weight is 408 g/mol. The Labute approximate surface area is 175 Å². The Morgan fingerprint density at radius 2 is 1.63 bits per heavy atom. The predicted molar refractivity (Wildman–Crippen MR) is 111 cm³/mol. The van der Waals surface area contributed by atoms with Crippen molar-refractivity contribution in [1.82, 2.24) is 0 Å². The summed E-state index contributed by atoms with van der Waals surface area (Å²) in [5.74, 6) is -0.770. The summed E-state index contributed by atoms with van der Waals surface area (Å²) in [5.41, 5.74) is 0.886. The summed E-state index contributed by atoms with van der Waals surface area (Å²) < 4.78 is 10.5. The predicted octanol–water partition coefficient (Wildman–Crippen LogP) is 3.74. The first-order valence-electron chi connectivity index (χ1n) is 9.38. The van der Waals surface area contributed by atoms with Gasteiger partial charge in [0.1, 0.15) is 5.75 Å². The van der Waals surface area contributed by atoms with Gasteiger partial charge in [0.25, 0.3) is 0 Å². The van der Waals surface area contributed by atoms with E-state index in [1.807, 2.05) is 6.07 Å². The second kappa shape index (κ2) is 9.70. The summed E-state index contributed by atoms with van der Waals surface area (Å²) in [6.07, 6.45) is -0.916. The quantitative estimate of drug-likeness (QED) is 0.553. The Hall–Kier alpha value is -3.66. The lowest BCUT2D eigenvalue weighted by atomic mass is 9.95. The minimum atomic E-state index is -0.916. The first-order chi connectivity index (χ1) is 14.1. The number of hydrogen-bond donors (Lipinski definition) is 1. The molecule has 0 radical (unpaired) electrons.